The molecule has 3 heterocycles. The minimum Gasteiger partial charge on any atom is -0.493 e. The molecule has 0 saturated carbocycles. The highest BCUT2D eigenvalue weighted by Gasteiger charge is 2.26. The van der Waals surface area contributed by atoms with Crippen molar-refractivity contribution in [3.63, 3.8) is 0 Å². The van der Waals surface area contributed by atoms with Crippen LogP contribution in [0.5, 0.6) is 11.5 Å². The Labute approximate surface area is 205 Å². The number of hydrogen-bond donors (Lipinski definition) is 2. The van der Waals surface area contributed by atoms with E-state index in [0.29, 0.717) is 54.8 Å². The number of methoxy groups -OCH3 is 1. The fourth-order valence-corrected chi connectivity index (χ4v) is 3.88. The summed E-state index contributed by atoms with van der Waals surface area (Å²) >= 11 is 0. The molecule has 1 atom stereocenters. The second-order valence-corrected chi connectivity index (χ2v) is 8.79. The molecule has 1 aromatic heterocycles. The van der Waals surface area contributed by atoms with E-state index in [9.17, 15) is 14.4 Å². The van der Waals surface area contributed by atoms with Gasteiger partial charge in [0.15, 0.2) is 11.5 Å². The molecule has 2 aliphatic heterocycles. The molecular formula is C24H34N6O5. The molecular weight excluding hydrogens is 452 g/mol. The topological polar surface area (TPSA) is 128 Å². The Morgan fingerprint density at radius 3 is 2.71 bits per heavy atom. The maximum Gasteiger partial charge on any atom is 0.251 e. The summed E-state index contributed by atoms with van der Waals surface area (Å²) in [5.74, 6) is 1.43. The lowest BCUT2D eigenvalue weighted by molar-refractivity contribution is -0.134. The van der Waals surface area contributed by atoms with Gasteiger partial charge in [-0.2, -0.15) is 5.10 Å². The van der Waals surface area contributed by atoms with Crippen LogP contribution in [-0.2, 0) is 16.1 Å². The van der Waals surface area contributed by atoms with Crippen LogP contribution in [0.2, 0.25) is 0 Å². The first kappa shape index (κ1) is 26.0. The number of carbonyl (C=O) groups is 3. The molecule has 1 aromatic carbocycles. The highest BCUT2D eigenvalue weighted by molar-refractivity contribution is 5.94. The molecule has 3 amide bonds. The molecule has 190 valence electrons. The molecule has 11 heteroatoms. The second kappa shape index (κ2) is 11.7. The molecule has 0 saturated heterocycles. The SMILES string of the molecule is COc1cc2ccc1OCCn1nc(C)nc1[C@H](C(C)C)NC(=O)CN(C(C)=O)CCCNC2=O. The van der Waals surface area contributed by atoms with Crippen molar-refractivity contribution in [3.8, 4) is 11.5 Å². The Bertz CT molecular complexity index is 1070. The van der Waals surface area contributed by atoms with E-state index in [2.05, 4.69) is 20.7 Å². The van der Waals surface area contributed by atoms with Gasteiger partial charge >= 0.3 is 0 Å². The Kier molecular flexibility index (Phi) is 8.67. The predicted octanol–water partition coefficient (Wildman–Crippen LogP) is 1.47. The summed E-state index contributed by atoms with van der Waals surface area (Å²) in [6.45, 7) is 8.46. The van der Waals surface area contributed by atoms with E-state index in [4.69, 9.17) is 9.47 Å². The number of hydrogen-bond acceptors (Lipinski definition) is 7. The van der Waals surface area contributed by atoms with Crippen LogP contribution in [0.25, 0.3) is 0 Å². The zero-order chi connectivity index (χ0) is 25.5. The third-order valence-corrected chi connectivity index (χ3v) is 5.72. The highest BCUT2D eigenvalue weighted by Crippen LogP contribution is 2.28. The third kappa shape index (κ3) is 6.71. The zero-order valence-electron chi connectivity index (χ0n) is 21.0. The molecule has 0 fully saturated rings. The molecule has 2 bridgehead atoms. The van der Waals surface area contributed by atoms with Crippen LogP contribution in [-0.4, -0.2) is 70.7 Å². The minimum absolute atomic E-state index is 0.0324. The number of aryl methyl sites for hydroxylation is 1. The van der Waals surface area contributed by atoms with Gasteiger partial charge in [0.1, 0.15) is 18.3 Å². The van der Waals surface area contributed by atoms with Crippen LogP contribution in [0.15, 0.2) is 18.2 Å². The zero-order valence-corrected chi connectivity index (χ0v) is 21.0. The summed E-state index contributed by atoms with van der Waals surface area (Å²) < 4.78 is 13.1. The standard InChI is InChI=1S/C24H34N6O5/c1-15(2)22-23-26-16(3)28-30(23)11-12-35-19-8-7-18(13-20(19)34-5)24(33)25-9-6-10-29(17(4)31)14-21(32)27-22/h7-8,13,15,22H,6,9-12,14H2,1-5H3,(H,25,33)(H,27,32)/t22-/m0/s1. The van der Waals surface area contributed by atoms with Crippen molar-refractivity contribution in [2.75, 3.05) is 33.4 Å². The largest absolute Gasteiger partial charge is 0.493 e. The van der Waals surface area contributed by atoms with Crippen molar-refractivity contribution in [3.05, 3.63) is 35.4 Å². The first-order valence-corrected chi connectivity index (χ1v) is 11.7. The van der Waals surface area contributed by atoms with Crippen molar-refractivity contribution < 1.29 is 23.9 Å². The number of nitrogens with zero attached hydrogens (tertiary/aromatic N) is 4. The second-order valence-electron chi connectivity index (χ2n) is 8.79. The molecule has 2 aliphatic rings. The quantitative estimate of drug-likeness (QED) is 0.658. The Morgan fingerprint density at radius 1 is 1.26 bits per heavy atom. The lowest BCUT2D eigenvalue weighted by atomic mass is 10.0. The number of aromatic nitrogens is 3. The number of nitrogens with one attached hydrogen (secondary N) is 2. The fraction of sp³-hybridized carbons (Fsp3) is 0.542. The van der Waals surface area contributed by atoms with E-state index in [1.165, 1.54) is 18.9 Å². The van der Waals surface area contributed by atoms with Crippen molar-refractivity contribution in [1.82, 2.24) is 30.3 Å². The number of benzene rings is 1. The van der Waals surface area contributed by atoms with E-state index >= 15 is 0 Å². The number of ether oxygens (including phenoxy) is 2. The number of carbonyl (C=O) groups excluding carboxylic acids is 3. The highest BCUT2D eigenvalue weighted by atomic mass is 16.5. The summed E-state index contributed by atoms with van der Waals surface area (Å²) in [5, 5.41) is 10.3. The molecule has 4 rings (SSSR count). The van der Waals surface area contributed by atoms with Crippen LogP contribution in [0, 0.1) is 12.8 Å². The first-order chi connectivity index (χ1) is 16.7. The van der Waals surface area contributed by atoms with Gasteiger partial charge in [0, 0.05) is 25.6 Å². The van der Waals surface area contributed by atoms with Gasteiger partial charge in [0.05, 0.1) is 26.2 Å². The van der Waals surface area contributed by atoms with Crippen LogP contribution in [0.4, 0.5) is 0 Å². The van der Waals surface area contributed by atoms with E-state index in [0.717, 1.165) is 0 Å². The van der Waals surface area contributed by atoms with Crippen LogP contribution in [0.1, 0.15) is 55.2 Å². The molecule has 11 nitrogen and oxygen atoms in total. The molecule has 0 aliphatic carbocycles. The predicted molar refractivity (Wildman–Crippen MR) is 128 cm³/mol. The molecule has 0 unspecified atom stereocenters. The maximum absolute atomic E-state index is 12.9. The molecule has 2 aromatic rings. The fourth-order valence-electron chi connectivity index (χ4n) is 3.88. The first-order valence-electron chi connectivity index (χ1n) is 11.7. The van der Waals surface area contributed by atoms with Gasteiger partial charge in [-0.05, 0) is 37.5 Å². The molecule has 0 radical (unpaired) electrons. The van der Waals surface area contributed by atoms with Gasteiger partial charge in [-0.1, -0.05) is 13.8 Å². The minimum atomic E-state index is -0.396. The summed E-state index contributed by atoms with van der Waals surface area (Å²) in [4.78, 5) is 43.6. The molecule has 2 N–H and O–H groups in total. The third-order valence-electron chi connectivity index (χ3n) is 5.72. The average Bonchev–Trinajstić information content (AvgIpc) is 3.18. The Hall–Kier alpha value is -3.63. The smallest absolute Gasteiger partial charge is 0.251 e. The van der Waals surface area contributed by atoms with Gasteiger partial charge in [-0.3, -0.25) is 14.4 Å². The van der Waals surface area contributed by atoms with E-state index < -0.39 is 6.04 Å². The summed E-state index contributed by atoms with van der Waals surface area (Å²) in [7, 11) is 1.52. The van der Waals surface area contributed by atoms with E-state index in [-0.39, 0.29) is 36.8 Å². The molecule has 0 spiro atoms. The lowest BCUT2D eigenvalue weighted by Gasteiger charge is -2.25. The lowest BCUT2D eigenvalue weighted by Crippen LogP contribution is -2.43. The van der Waals surface area contributed by atoms with Crippen LogP contribution < -0.4 is 20.1 Å². The summed E-state index contributed by atoms with van der Waals surface area (Å²) in [6.07, 6.45) is 0.498. The van der Waals surface area contributed by atoms with Gasteiger partial charge < -0.3 is 25.0 Å². The van der Waals surface area contributed by atoms with Gasteiger partial charge in [0.2, 0.25) is 11.8 Å². The van der Waals surface area contributed by atoms with E-state index in [1.807, 2.05) is 13.8 Å². The van der Waals surface area contributed by atoms with Gasteiger partial charge in [-0.25, -0.2) is 9.67 Å². The summed E-state index contributed by atoms with van der Waals surface area (Å²) in [6, 6.07) is 4.60. The summed E-state index contributed by atoms with van der Waals surface area (Å²) in [5.41, 5.74) is 0.434. The average molecular weight is 487 g/mol. The maximum atomic E-state index is 12.9. The number of amides is 3. The van der Waals surface area contributed by atoms with Crippen molar-refractivity contribution in [2.24, 2.45) is 5.92 Å². The number of rotatable bonds is 2. The Balaban J connectivity index is 1.92. The van der Waals surface area contributed by atoms with Crippen molar-refractivity contribution in [2.45, 2.75) is 46.7 Å². The van der Waals surface area contributed by atoms with Crippen molar-refractivity contribution >= 4 is 17.7 Å². The van der Waals surface area contributed by atoms with Crippen LogP contribution >= 0.6 is 0 Å². The van der Waals surface area contributed by atoms with Gasteiger partial charge in [-0.15, -0.1) is 0 Å². The van der Waals surface area contributed by atoms with Crippen LogP contribution in [0.3, 0.4) is 0 Å². The Morgan fingerprint density at radius 2 is 2.03 bits per heavy atom. The number of fused-ring (bicyclic) bond motifs is 13. The van der Waals surface area contributed by atoms with Gasteiger partial charge in [0.25, 0.3) is 5.91 Å². The van der Waals surface area contributed by atoms with Crippen molar-refractivity contribution in [1.29, 1.82) is 0 Å². The normalized spacial score (nSPS) is 18.0. The monoisotopic (exact) mass is 486 g/mol. The molecule has 35 heavy (non-hydrogen) atoms. The van der Waals surface area contributed by atoms with E-state index in [1.54, 1.807) is 29.8 Å².